The van der Waals surface area contributed by atoms with Gasteiger partial charge in [0.2, 0.25) is 0 Å². The molecule has 1 aromatic heterocycles. The Morgan fingerprint density at radius 2 is 2.16 bits per heavy atom. The van der Waals surface area contributed by atoms with Crippen LogP contribution in [-0.2, 0) is 13.0 Å². The first kappa shape index (κ1) is 13.9. The largest absolute Gasteiger partial charge is 0.488 e. The van der Waals surface area contributed by atoms with Crippen molar-refractivity contribution >= 4 is 17.0 Å². The molecule has 0 fully saturated rings. The summed E-state index contributed by atoms with van der Waals surface area (Å²) < 4.78 is 5.76. The molecule has 0 saturated heterocycles. The number of nitrogens with two attached hydrogens (primary N) is 1. The van der Waals surface area contributed by atoms with E-state index in [2.05, 4.69) is 18.8 Å². The lowest BCUT2D eigenvalue weighted by atomic mass is 10.1. The van der Waals surface area contributed by atoms with Gasteiger partial charge in [0.1, 0.15) is 12.4 Å². The molecule has 0 atom stereocenters. The third-order valence-electron chi connectivity index (χ3n) is 2.75. The van der Waals surface area contributed by atoms with Crippen LogP contribution >= 0.6 is 11.3 Å². The molecule has 0 aliphatic rings. The molecule has 2 N–H and O–H groups in total. The van der Waals surface area contributed by atoms with Gasteiger partial charge in [-0.2, -0.15) is 0 Å². The highest BCUT2D eigenvalue weighted by Crippen LogP contribution is 2.23. The second-order valence-corrected chi connectivity index (χ2v) is 6.24. The van der Waals surface area contributed by atoms with Crippen molar-refractivity contribution in [3.63, 3.8) is 0 Å². The summed E-state index contributed by atoms with van der Waals surface area (Å²) >= 11 is 1.74. The number of hydrogen-bond acceptors (Lipinski definition) is 4. The maximum Gasteiger partial charge on any atom is 0.124 e. The first-order valence-electron chi connectivity index (χ1n) is 6.48. The third kappa shape index (κ3) is 3.96. The smallest absolute Gasteiger partial charge is 0.124 e. The van der Waals surface area contributed by atoms with Crippen LogP contribution in [0.4, 0.5) is 5.69 Å². The quantitative estimate of drug-likeness (QED) is 0.845. The average molecular weight is 276 g/mol. The van der Waals surface area contributed by atoms with Gasteiger partial charge in [-0.25, -0.2) is 4.98 Å². The molecule has 0 aliphatic heterocycles. The molecule has 4 heteroatoms. The summed E-state index contributed by atoms with van der Waals surface area (Å²) in [6.45, 7) is 7.02. The molecule has 2 aromatic rings. The van der Waals surface area contributed by atoms with Gasteiger partial charge >= 0.3 is 0 Å². The van der Waals surface area contributed by atoms with E-state index in [0.717, 1.165) is 23.6 Å². The van der Waals surface area contributed by atoms with Crippen LogP contribution in [0.5, 0.6) is 5.75 Å². The summed E-state index contributed by atoms with van der Waals surface area (Å²) in [5.74, 6) is 1.44. The number of aromatic nitrogens is 1. The van der Waals surface area contributed by atoms with E-state index in [4.69, 9.17) is 10.5 Å². The molecule has 1 heterocycles. The average Bonchev–Trinajstić information content (AvgIpc) is 2.66. The predicted molar refractivity (Wildman–Crippen MR) is 80.6 cm³/mol. The van der Waals surface area contributed by atoms with Crippen molar-refractivity contribution in [1.29, 1.82) is 0 Å². The van der Waals surface area contributed by atoms with E-state index >= 15 is 0 Å². The van der Waals surface area contributed by atoms with Gasteiger partial charge in [0.05, 0.1) is 15.6 Å². The van der Waals surface area contributed by atoms with Gasteiger partial charge in [-0.1, -0.05) is 19.9 Å². The van der Waals surface area contributed by atoms with E-state index in [-0.39, 0.29) is 0 Å². The molecule has 0 aliphatic carbocycles. The molecule has 19 heavy (non-hydrogen) atoms. The number of ether oxygens (including phenoxy) is 1. The number of nitrogens with zero attached hydrogens (tertiary/aromatic N) is 1. The van der Waals surface area contributed by atoms with E-state index in [9.17, 15) is 0 Å². The van der Waals surface area contributed by atoms with Gasteiger partial charge < -0.3 is 10.5 Å². The molecular weight excluding hydrogens is 256 g/mol. The summed E-state index contributed by atoms with van der Waals surface area (Å²) in [6.07, 6.45) is 1.03. The van der Waals surface area contributed by atoms with Crippen LogP contribution in [0.25, 0.3) is 0 Å². The SMILES string of the molecule is Cc1nc(CC(C)C)sc1COc1cccc(N)c1. The fraction of sp³-hybridized carbons (Fsp3) is 0.400. The molecule has 0 amide bonds. The molecular formula is C15H20N2OS. The van der Waals surface area contributed by atoms with Crippen molar-refractivity contribution in [2.24, 2.45) is 5.92 Å². The van der Waals surface area contributed by atoms with Crippen molar-refractivity contribution in [2.45, 2.75) is 33.8 Å². The molecule has 0 unspecified atom stereocenters. The van der Waals surface area contributed by atoms with Crippen molar-refractivity contribution in [2.75, 3.05) is 5.73 Å². The molecule has 0 spiro atoms. The molecule has 102 valence electrons. The lowest BCUT2D eigenvalue weighted by Crippen LogP contribution is -1.95. The number of hydrogen-bond donors (Lipinski definition) is 1. The van der Waals surface area contributed by atoms with Gasteiger partial charge in [0.15, 0.2) is 0 Å². The monoisotopic (exact) mass is 276 g/mol. The van der Waals surface area contributed by atoms with Crippen molar-refractivity contribution in [3.05, 3.63) is 39.8 Å². The lowest BCUT2D eigenvalue weighted by Gasteiger charge is -2.05. The molecule has 0 saturated carbocycles. The van der Waals surface area contributed by atoms with Crippen LogP contribution in [0.3, 0.4) is 0 Å². The van der Waals surface area contributed by atoms with Gasteiger partial charge in [0, 0.05) is 18.2 Å². The van der Waals surface area contributed by atoms with Gasteiger partial charge in [-0.3, -0.25) is 0 Å². The van der Waals surface area contributed by atoms with Crippen molar-refractivity contribution in [3.8, 4) is 5.75 Å². The Morgan fingerprint density at radius 3 is 2.84 bits per heavy atom. The zero-order chi connectivity index (χ0) is 13.8. The number of benzene rings is 1. The zero-order valence-corrected chi connectivity index (χ0v) is 12.5. The first-order chi connectivity index (χ1) is 9.04. The molecule has 0 radical (unpaired) electrons. The highest BCUT2D eigenvalue weighted by atomic mass is 32.1. The molecule has 3 nitrogen and oxygen atoms in total. The lowest BCUT2D eigenvalue weighted by molar-refractivity contribution is 0.309. The number of anilines is 1. The van der Waals surface area contributed by atoms with E-state index in [0.29, 0.717) is 12.5 Å². The van der Waals surface area contributed by atoms with Crippen LogP contribution < -0.4 is 10.5 Å². The molecule has 2 rings (SSSR count). The Balaban J connectivity index is 2.01. The van der Waals surface area contributed by atoms with Crippen molar-refractivity contribution in [1.82, 2.24) is 4.98 Å². The predicted octanol–water partition coefficient (Wildman–Crippen LogP) is 3.81. The van der Waals surface area contributed by atoms with Crippen LogP contribution in [0, 0.1) is 12.8 Å². The van der Waals surface area contributed by atoms with E-state index in [1.807, 2.05) is 31.2 Å². The topological polar surface area (TPSA) is 48.1 Å². The summed E-state index contributed by atoms with van der Waals surface area (Å²) in [5, 5.41) is 1.19. The number of thiazole rings is 1. The number of rotatable bonds is 5. The standard InChI is InChI=1S/C15H20N2OS/c1-10(2)7-15-17-11(3)14(19-15)9-18-13-6-4-5-12(16)8-13/h4-6,8,10H,7,9,16H2,1-3H3. The van der Waals surface area contributed by atoms with Gasteiger partial charge in [-0.05, 0) is 25.0 Å². The Labute approximate surface area is 118 Å². The Morgan fingerprint density at radius 1 is 1.37 bits per heavy atom. The van der Waals surface area contributed by atoms with Gasteiger partial charge in [0.25, 0.3) is 0 Å². The first-order valence-corrected chi connectivity index (χ1v) is 7.29. The van der Waals surface area contributed by atoms with Crippen molar-refractivity contribution < 1.29 is 4.74 Å². The number of nitrogen functional groups attached to an aromatic ring is 1. The zero-order valence-electron chi connectivity index (χ0n) is 11.6. The highest BCUT2D eigenvalue weighted by molar-refractivity contribution is 7.11. The molecule has 1 aromatic carbocycles. The summed E-state index contributed by atoms with van der Waals surface area (Å²) in [6, 6.07) is 7.51. The minimum absolute atomic E-state index is 0.561. The van der Waals surface area contributed by atoms with Crippen LogP contribution in [0.2, 0.25) is 0 Å². The van der Waals surface area contributed by atoms with Crippen LogP contribution in [0.15, 0.2) is 24.3 Å². The second-order valence-electron chi connectivity index (χ2n) is 5.08. The van der Waals surface area contributed by atoms with Crippen LogP contribution in [-0.4, -0.2) is 4.98 Å². The van der Waals surface area contributed by atoms with E-state index in [1.165, 1.54) is 9.88 Å². The summed E-state index contributed by atoms with van der Waals surface area (Å²) in [5.41, 5.74) is 7.52. The van der Waals surface area contributed by atoms with Crippen LogP contribution in [0.1, 0.15) is 29.4 Å². The van der Waals surface area contributed by atoms with E-state index in [1.54, 1.807) is 11.3 Å². The van der Waals surface area contributed by atoms with E-state index < -0.39 is 0 Å². The maximum atomic E-state index is 5.76. The summed E-state index contributed by atoms with van der Waals surface area (Å²) in [7, 11) is 0. The third-order valence-corrected chi connectivity index (χ3v) is 3.90. The minimum atomic E-state index is 0.561. The molecule has 0 bridgehead atoms. The Kier molecular flexibility index (Phi) is 4.43. The fourth-order valence-corrected chi connectivity index (χ4v) is 3.01. The maximum absolute atomic E-state index is 5.76. The second kappa shape index (κ2) is 6.06. The Bertz CT molecular complexity index is 549. The Hall–Kier alpha value is -1.55. The summed E-state index contributed by atoms with van der Waals surface area (Å²) in [4.78, 5) is 5.79. The minimum Gasteiger partial charge on any atom is -0.488 e. The fourth-order valence-electron chi connectivity index (χ4n) is 1.81. The number of aryl methyl sites for hydroxylation is 1. The highest BCUT2D eigenvalue weighted by Gasteiger charge is 2.09. The normalized spacial score (nSPS) is 10.9. The van der Waals surface area contributed by atoms with Gasteiger partial charge in [-0.15, -0.1) is 11.3 Å².